The summed E-state index contributed by atoms with van der Waals surface area (Å²) in [5.74, 6) is 0.440. The number of para-hydroxylation sites is 1. The third-order valence-electron chi connectivity index (χ3n) is 7.56. The summed E-state index contributed by atoms with van der Waals surface area (Å²) in [7, 11) is 0. The number of piperidine rings is 1. The Hall–Kier alpha value is -2.98. The molecule has 0 bridgehead atoms. The van der Waals surface area contributed by atoms with E-state index in [1.807, 2.05) is 54.3 Å². The van der Waals surface area contributed by atoms with Gasteiger partial charge >= 0.3 is 0 Å². The van der Waals surface area contributed by atoms with Gasteiger partial charge in [-0.2, -0.15) is 0 Å². The number of likely N-dealkylation sites (tertiary alicyclic amines) is 1. The molecule has 3 aromatic rings. The standard InChI is InChI=1S/C29H31FN2O/c1-2-32-27-14-7-6-13-26(27)29(28(32)33,24-10-4-3-5-11-24)17-20-31-18-15-22(16-19-31)23-9-8-12-25(30)21-23/h3-14,21-22H,2,15-20H2,1H3. The van der Waals surface area contributed by atoms with Crippen LogP contribution >= 0.6 is 0 Å². The first-order valence-electron chi connectivity index (χ1n) is 12.1. The summed E-state index contributed by atoms with van der Waals surface area (Å²) in [4.78, 5) is 18.3. The molecule has 5 rings (SSSR count). The molecular formula is C29H31FN2O. The lowest BCUT2D eigenvalue weighted by molar-refractivity contribution is -0.122. The molecule has 0 radical (unpaired) electrons. The smallest absolute Gasteiger partial charge is 0.242 e. The van der Waals surface area contributed by atoms with Gasteiger partial charge in [-0.25, -0.2) is 4.39 Å². The third kappa shape index (κ3) is 3.87. The van der Waals surface area contributed by atoms with Crippen LogP contribution in [0.5, 0.6) is 0 Å². The Morgan fingerprint density at radius 3 is 2.39 bits per heavy atom. The maximum Gasteiger partial charge on any atom is 0.242 e. The number of benzene rings is 3. The van der Waals surface area contributed by atoms with Gasteiger partial charge in [-0.3, -0.25) is 4.79 Å². The minimum absolute atomic E-state index is 0.154. The van der Waals surface area contributed by atoms with E-state index in [1.54, 1.807) is 6.07 Å². The average molecular weight is 443 g/mol. The van der Waals surface area contributed by atoms with Crippen LogP contribution in [0.15, 0.2) is 78.9 Å². The molecule has 3 nitrogen and oxygen atoms in total. The predicted molar refractivity (Wildman–Crippen MR) is 131 cm³/mol. The summed E-state index contributed by atoms with van der Waals surface area (Å²) >= 11 is 0. The topological polar surface area (TPSA) is 23.6 Å². The first kappa shape index (κ1) is 21.8. The van der Waals surface area contributed by atoms with Gasteiger partial charge in [0.2, 0.25) is 5.91 Å². The summed E-state index contributed by atoms with van der Waals surface area (Å²) in [5.41, 5.74) is 3.70. The van der Waals surface area contributed by atoms with Crippen LogP contribution < -0.4 is 4.90 Å². The van der Waals surface area contributed by atoms with E-state index in [1.165, 1.54) is 6.07 Å². The van der Waals surface area contributed by atoms with E-state index in [0.29, 0.717) is 12.5 Å². The molecule has 0 saturated carbocycles. The van der Waals surface area contributed by atoms with Gasteiger partial charge in [0.15, 0.2) is 0 Å². The molecule has 2 heterocycles. The molecule has 4 heteroatoms. The van der Waals surface area contributed by atoms with Crippen molar-refractivity contribution in [1.82, 2.24) is 4.90 Å². The van der Waals surface area contributed by atoms with E-state index in [4.69, 9.17) is 0 Å². The lowest BCUT2D eigenvalue weighted by Crippen LogP contribution is -2.44. The first-order valence-corrected chi connectivity index (χ1v) is 12.1. The normalized spacial score (nSPS) is 21.4. The Balaban J connectivity index is 1.38. The molecule has 170 valence electrons. The van der Waals surface area contributed by atoms with Crippen molar-refractivity contribution in [3.63, 3.8) is 0 Å². The largest absolute Gasteiger partial charge is 0.311 e. The second-order valence-electron chi connectivity index (χ2n) is 9.26. The minimum atomic E-state index is -0.646. The van der Waals surface area contributed by atoms with Gasteiger partial charge in [-0.1, -0.05) is 60.7 Å². The predicted octanol–water partition coefficient (Wildman–Crippen LogP) is 5.75. The van der Waals surface area contributed by atoms with Gasteiger partial charge in [0.05, 0.1) is 0 Å². The van der Waals surface area contributed by atoms with Crippen LogP contribution in [-0.2, 0) is 10.2 Å². The summed E-state index contributed by atoms with van der Waals surface area (Å²) in [6, 6.07) is 25.6. The van der Waals surface area contributed by atoms with Gasteiger partial charge in [-0.15, -0.1) is 0 Å². The van der Waals surface area contributed by atoms with Crippen LogP contribution in [0.3, 0.4) is 0 Å². The van der Waals surface area contributed by atoms with E-state index >= 15 is 0 Å². The zero-order valence-electron chi connectivity index (χ0n) is 19.2. The van der Waals surface area contributed by atoms with Gasteiger partial charge in [0.1, 0.15) is 11.2 Å². The third-order valence-corrected chi connectivity index (χ3v) is 7.56. The zero-order chi connectivity index (χ0) is 22.8. The highest BCUT2D eigenvalue weighted by Crippen LogP contribution is 2.48. The highest BCUT2D eigenvalue weighted by molar-refractivity contribution is 6.10. The first-order chi connectivity index (χ1) is 16.1. The number of hydrogen-bond donors (Lipinski definition) is 0. The van der Waals surface area contributed by atoms with Crippen LogP contribution in [-0.4, -0.2) is 37.0 Å². The van der Waals surface area contributed by atoms with Gasteiger partial charge in [0, 0.05) is 12.2 Å². The van der Waals surface area contributed by atoms with E-state index in [9.17, 15) is 9.18 Å². The van der Waals surface area contributed by atoms with Crippen molar-refractivity contribution < 1.29 is 9.18 Å². The quantitative estimate of drug-likeness (QED) is 0.485. The molecule has 2 aliphatic rings. The molecule has 1 atom stereocenters. The second-order valence-corrected chi connectivity index (χ2v) is 9.26. The van der Waals surface area contributed by atoms with E-state index < -0.39 is 5.41 Å². The van der Waals surface area contributed by atoms with Crippen molar-refractivity contribution in [1.29, 1.82) is 0 Å². The highest BCUT2D eigenvalue weighted by atomic mass is 19.1. The van der Waals surface area contributed by atoms with Crippen molar-refractivity contribution >= 4 is 11.6 Å². The average Bonchev–Trinajstić information content (AvgIpc) is 3.11. The molecule has 33 heavy (non-hydrogen) atoms. The van der Waals surface area contributed by atoms with Gasteiger partial charge in [0.25, 0.3) is 0 Å². The number of amides is 1. The van der Waals surface area contributed by atoms with Crippen molar-refractivity contribution in [2.45, 2.75) is 37.5 Å². The number of hydrogen-bond acceptors (Lipinski definition) is 2. The second kappa shape index (κ2) is 9.11. The number of anilines is 1. The molecular weight excluding hydrogens is 411 g/mol. The number of rotatable bonds is 6. The van der Waals surface area contributed by atoms with Crippen molar-refractivity contribution in [2.75, 3.05) is 31.1 Å². The monoisotopic (exact) mass is 442 g/mol. The minimum Gasteiger partial charge on any atom is -0.311 e. The number of fused-ring (bicyclic) bond motifs is 1. The number of halogens is 1. The lowest BCUT2D eigenvalue weighted by Gasteiger charge is -2.36. The summed E-state index contributed by atoms with van der Waals surface area (Å²) in [6.45, 7) is 5.53. The number of carbonyl (C=O) groups excluding carboxylic acids is 1. The maximum absolute atomic E-state index is 13.9. The highest BCUT2D eigenvalue weighted by Gasteiger charge is 2.51. The van der Waals surface area contributed by atoms with Crippen LogP contribution in [0.25, 0.3) is 0 Å². The fourth-order valence-corrected chi connectivity index (χ4v) is 5.80. The molecule has 1 saturated heterocycles. The Kier molecular flexibility index (Phi) is 6.03. The van der Waals surface area contributed by atoms with Crippen LogP contribution in [0.1, 0.15) is 48.8 Å². The summed E-state index contributed by atoms with van der Waals surface area (Å²) in [6.07, 6.45) is 2.80. The Labute approximate surface area is 195 Å². The van der Waals surface area contributed by atoms with Gasteiger partial charge < -0.3 is 9.80 Å². The van der Waals surface area contributed by atoms with Crippen molar-refractivity contribution in [3.05, 3.63) is 101 Å². The Morgan fingerprint density at radius 1 is 0.939 bits per heavy atom. The lowest BCUT2D eigenvalue weighted by atomic mass is 9.72. The molecule has 1 amide bonds. The van der Waals surface area contributed by atoms with Crippen LogP contribution in [0.2, 0.25) is 0 Å². The molecule has 0 spiro atoms. The molecule has 1 unspecified atom stereocenters. The van der Waals surface area contributed by atoms with Crippen LogP contribution in [0.4, 0.5) is 10.1 Å². The van der Waals surface area contributed by atoms with E-state index in [0.717, 1.165) is 61.3 Å². The summed E-state index contributed by atoms with van der Waals surface area (Å²) < 4.78 is 13.7. The molecule has 0 aliphatic carbocycles. The fraction of sp³-hybridized carbons (Fsp3) is 0.345. The molecule has 2 aliphatic heterocycles. The van der Waals surface area contributed by atoms with E-state index in [2.05, 4.69) is 29.2 Å². The number of carbonyl (C=O) groups is 1. The van der Waals surface area contributed by atoms with Crippen LogP contribution in [0, 0.1) is 5.82 Å². The SMILES string of the molecule is CCN1C(=O)C(CCN2CCC(c3cccc(F)c3)CC2)(c2ccccc2)c2ccccc21. The molecule has 0 N–H and O–H groups in total. The van der Waals surface area contributed by atoms with Crippen molar-refractivity contribution in [3.8, 4) is 0 Å². The Morgan fingerprint density at radius 2 is 1.67 bits per heavy atom. The fourth-order valence-electron chi connectivity index (χ4n) is 5.80. The summed E-state index contributed by atoms with van der Waals surface area (Å²) in [5, 5.41) is 0. The number of nitrogens with zero attached hydrogens (tertiary/aromatic N) is 2. The molecule has 3 aromatic carbocycles. The molecule has 1 fully saturated rings. The molecule has 0 aromatic heterocycles. The Bertz CT molecular complexity index is 1120. The van der Waals surface area contributed by atoms with Crippen molar-refractivity contribution in [2.24, 2.45) is 0 Å². The van der Waals surface area contributed by atoms with Gasteiger partial charge in [-0.05, 0) is 86.6 Å². The van der Waals surface area contributed by atoms with E-state index in [-0.39, 0.29) is 11.7 Å². The number of likely N-dealkylation sites (N-methyl/N-ethyl adjacent to an activating group) is 1. The zero-order valence-corrected chi connectivity index (χ0v) is 19.2. The maximum atomic E-state index is 13.9.